The molecule has 21 heavy (non-hydrogen) atoms. The third-order valence-electron chi connectivity index (χ3n) is 4.09. The lowest BCUT2D eigenvalue weighted by molar-refractivity contribution is 0.217. The third kappa shape index (κ3) is 3.52. The summed E-state index contributed by atoms with van der Waals surface area (Å²) in [5, 5.41) is 7.90. The number of rotatable bonds is 5. The van der Waals surface area contributed by atoms with E-state index in [1.165, 1.54) is 35.7 Å². The average molecular weight is 304 g/mol. The maximum absolute atomic E-state index is 4.77. The minimum atomic E-state index is 0.533. The van der Waals surface area contributed by atoms with Crippen LogP contribution in [0, 0.1) is 6.92 Å². The highest BCUT2D eigenvalue weighted by atomic mass is 32.1. The molecule has 1 saturated heterocycles. The van der Waals surface area contributed by atoms with Gasteiger partial charge in [-0.15, -0.1) is 11.3 Å². The molecule has 1 fully saturated rings. The van der Waals surface area contributed by atoms with E-state index in [2.05, 4.69) is 47.0 Å². The van der Waals surface area contributed by atoms with Gasteiger partial charge in [-0.3, -0.25) is 9.58 Å². The number of aromatic nitrogens is 3. The lowest BCUT2D eigenvalue weighted by atomic mass is 10.2. The maximum Gasteiger partial charge on any atom is 0.0954 e. The standard InChI is InChI=1S/C16H24N4S/c1-12(2)16-18-14(11-21-16)9-19-6-4-5-15(19)10-20-8-13(3)7-17-20/h7-8,11-12,15H,4-6,9-10H2,1-3H3/t15-/m0/s1. The topological polar surface area (TPSA) is 34.0 Å². The van der Waals surface area contributed by atoms with Gasteiger partial charge < -0.3 is 0 Å². The fraction of sp³-hybridized carbons (Fsp3) is 0.625. The zero-order valence-electron chi connectivity index (χ0n) is 13.1. The lowest BCUT2D eigenvalue weighted by Gasteiger charge is -2.23. The van der Waals surface area contributed by atoms with E-state index in [1.54, 1.807) is 11.3 Å². The van der Waals surface area contributed by atoms with Gasteiger partial charge in [0.25, 0.3) is 0 Å². The molecule has 0 bridgehead atoms. The van der Waals surface area contributed by atoms with Gasteiger partial charge in [-0.25, -0.2) is 4.98 Å². The Labute approximate surface area is 130 Å². The van der Waals surface area contributed by atoms with E-state index in [0.717, 1.165) is 13.1 Å². The number of aryl methyl sites for hydroxylation is 1. The van der Waals surface area contributed by atoms with Crippen LogP contribution in [0.2, 0.25) is 0 Å². The maximum atomic E-state index is 4.77. The van der Waals surface area contributed by atoms with Gasteiger partial charge >= 0.3 is 0 Å². The highest BCUT2D eigenvalue weighted by molar-refractivity contribution is 7.09. The molecule has 0 aliphatic carbocycles. The van der Waals surface area contributed by atoms with Crippen LogP contribution < -0.4 is 0 Å². The molecule has 0 unspecified atom stereocenters. The SMILES string of the molecule is Cc1cnn(C[C@@H]2CCCN2Cc2csc(C(C)C)n2)c1. The van der Waals surface area contributed by atoms with Crippen LogP contribution in [0.4, 0.5) is 0 Å². The Morgan fingerprint density at radius 1 is 1.43 bits per heavy atom. The molecule has 2 aromatic rings. The van der Waals surface area contributed by atoms with E-state index in [9.17, 15) is 0 Å². The second-order valence-electron chi connectivity index (χ2n) is 6.34. The van der Waals surface area contributed by atoms with Crippen LogP contribution in [0.5, 0.6) is 0 Å². The van der Waals surface area contributed by atoms with Crippen molar-refractivity contribution in [2.24, 2.45) is 0 Å². The molecule has 0 saturated carbocycles. The monoisotopic (exact) mass is 304 g/mol. The molecule has 0 spiro atoms. The molecule has 3 rings (SSSR count). The van der Waals surface area contributed by atoms with Crippen LogP contribution in [0.3, 0.4) is 0 Å². The summed E-state index contributed by atoms with van der Waals surface area (Å²) in [5.74, 6) is 0.533. The van der Waals surface area contributed by atoms with Crippen molar-refractivity contribution < 1.29 is 0 Å². The summed E-state index contributed by atoms with van der Waals surface area (Å²) in [5.41, 5.74) is 2.47. The van der Waals surface area contributed by atoms with E-state index in [0.29, 0.717) is 12.0 Å². The lowest BCUT2D eigenvalue weighted by Crippen LogP contribution is -2.32. The van der Waals surface area contributed by atoms with Gasteiger partial charge in [-0.05, 0) is 31.9 Å². The number of likely N-dealkylation sites (tertiary alicyclic amines) is 1. The molecule has 3 heterocycles. The fourth-order valence-electron chi connectivity index (χ4n) is 2.96. The number of thiazole rings is 1. The quantitative estimate of drug-likeness (QED) is 0.848. The van der Waals surface area contributed by atoms with Gasteiger partial charge in [-0.2, -0.15) is 5.10 Å². The zero-order valence-corrected chi connectivity index (χ0v) is 13.9. The van der Waals surface area contributed by atoms with Crippen LogP contribution in [0.25, 0.3) is 0 Å². The van der Waals surface area contributed by atoms with Gasteiger partial charge in [0.2, 0.25) is 0 Å². The van der Waals surface area contributed by atoms with Crippen molar-refractivity contribution in [3.63, 3.8) is 0 Å². The van der Waals surface area contributed by atoms with Gasteiger partial charge in [-0.1, -0.05) is 13.8 Å². The van der Waals surface area contributed by atoms with Gasteiger partial charge in [0.15, 0.2) is 0 Å². The smallest absolute Gasteiger partial charge is 0.0954 e. The molecule has 1 aliphatic rings. The summed E-state index contributed by atoms with van der Waals surface area (Å²) in [6.07, 6.45) is 6.62. The molecular weight excluding hydrogens is 280 g/mol. The number of hydrogen-bond donors (Lipinski definition) is 0. The molecule has 0 N–H and O–H groups in total. The van der Waals surface area contributed by atoms with E-state index < -0.39 is 0 Å². The summed E-state index contributed by atoms with van der Waals surface area (Å²) in [4.78, 5) is 7.34. The second-order valence-corrected chi connectivity index (χ2v) is 7.23. The van der Waals surface area contributed by atoms with Gasteiger partial charge in [0.1, 0.15) is 0 Å². The summed E-state index contributed by atoms with van der Waals surface area (Å²) >= 11 is 1.79. The largest absolute Gasteiger partial charge is 0.293 e. The molecule has 1 atom stereocenters. The summed E-state index contributed by atoms with van der Waals surface area (Å²) < 4.78 is 2.08. The molecular formula is C16H24N4S. The third-order valence-corrected chi connectivity index (χ3v) is 5.28. The van der Waals surface area contributed by atoms with Crippen LogP contribution in [-0.2, 0) is 13.1 Å². The molecule has 4 nitrogen and oxygen atoms in total. The molecule has 114 valence electrons. The first-order chi connectivity index (χ1) is 10.1. The van der Waals surface area contributed by atoms with E-state index >= 15 is 0 Å². The minimum absolute atomic E-state index is 0.533. The Morgan fingerprint density at radius 2 is 2.29 bits per heavy atom. The highest BCUT2D eigenvalue weighted by Crippen LogP contribution is 2.24. The van der Waals surface area contributed by atoms with E-state index in [1.807, 2.05) is 6.20 Å². The van der Waals surface area contributed by atoms with Crippen molar-refractivity contribution in [3.8, 4) is 0 Å². The predicted molar refractivity (Wildman–Crippen MR) is 86.6 cm³/mol. The Bertz CT molecular complexity index is 587. The fourth-order valence-corrected chi connectivity index (χ4v) is 3.79. The van der Waals surface area contributed by atoms with Crippen molar-refractivity contribution in [1.82, 2.24) is 19.7 Å². The Morgan fingerprint density at radius 3 is 2.95 bits per heavy atom. The molecule has 5 heteroatoms. The van der Waals surface area contributed by atoms with E-state index in [4.69, 9.17) is 4.98 Å². The van der Waals surface area contributed by atoms with Crippen LogP contribution >= 0.6 is 11.3 Å². The van der Waals surface area contributed by atoms with Crippen LogP contribution in [-0.4, -0.2) is 32.3 Å². The molecule has 0 radical (unpaired) electrons. The average Bonchev–Trinajstić information content (AvgIpc) is 3.14. The molecule has 0 aromatic carbocycles. The van der Waals surface area contributed by atoms with Gasteiger partial charge in [0, 0.05) is 30.1 Å². The second kappa shape index (κ2) is 6.28. The Hall–Kier alpha value is -1.20. The van der Waals surface area contributed by atoms with E-state index in [-0.39, 0.29) is 0 Å². The predicted octanol–water partition coefficient (Wildman–Crippen LogP) is 3.44. The normalized spacial score (nSPS) is 19.7. The molecule has 0 amide bonds. The van der Waals surface area contributed by atoms with Crippen molar-refractivity contribution in [3.05, 3.63) is 34.0 Å². The summed E-state index contributed by atoms with van der Waals surface area (Å²) in [6.45, 7) is 9.67. The van der Waals surface area contributed by atoms with Crippen molar-refractivity contribution in [2.75, 3.05) is 6.54 Å². The van der Waals surface area contributed by atoms with Crippen molar-refractivity contribution in [1.29, 1.82) is 0 Å². The summed E-state index contributed by atoms with van der Waals surface area (Å²) in [7, 11) is 0. The first kappa shape index (κ1) is 14.7. The summed E-state index contributed by atoms with van der Waals surface area (Å²) in [6, 6.07) is 0.591. The highest BCUT2D eigenvalue weighted by Gasteiger charge is 2.25. The molecule has 2 aromatic heterocycles. The Balaban J connectivity index is 1.63. The minimum Gasteiger partial charge on any atom is -0.293 e. The zero-order chi connectivity index (χ0) is 14.8. The number of nitrogens with zero attached hydrogens (tertiary/aromatic N) is 4. The van der Waals surface area contributed by atoms with Gasteiger partial charge in [0.05, 0.1) is 23.4 Å². The van der Waals surface area contributed by atoms with Crippen LogP contribution in [0.1, 0.15) is 48.9 Å². The Kier molecular flexibility index (Phi) is 4.40. The first-order valence-electron chi connectivity index (χ1n) is 7.79. The van der Waals surface area contributed by atoms with Crippen molar-refractivity contribution >= 4 is 11.3 Å². The van der Waals surface area contributed by atoms with Crippen molar-refractivity contribution in [2.45, 2.75) is 58.7 Å². The number of hydrogen-bond acceptors (Lipinski definition) is 4. The van der Waals surface area contributed by atoms with Crippen LogP contribution in [0.15, 0.2) is 17.8 Å². The first-order valence-corrected chi connectivity index (χ1v) is 8.67. The molecule has 1 aliphatic heterocycles.